The lowest BCUT2D eigenvalue weighted by Crippen LogP contribution is -2.26. The quantitative estimate of drug-likeness (QED) is 0.729. The molecule has 3 rings (SSSR count). The predicted molar refractivity (Wildman–Crippen MR) is 116 cm³/mol. The molecule has 0 spiro atoms. The van der Waals surface area contributed by atoms with Gasteiger partial charge in [0.15, 0.2) is 0 Å². The second kappa shape index (κ2) is 9.16. The van der Waals surface area contributed by atoms with Crippen LogP contribution in [-0.2, 0) is 4.74 Å². The molecule has 1 heterocycles. The summed E-state index contributed by atoms with van der Waals surface area (Å²) in [4.78, 5) is 26.1. The molecule has 1 aromatic carbocycles. The maximum absolute atomic E-state index is 12.9. The van der Waals surface area contributed by atoms with Gasteiger partial charge in [-0.3, -0.25) is 9.69 Å². The van der Waals surface area contributed by atoms with Gasteiger partial charge in [0.2, 0.25) is 0 Å². The molecule has 2 aromatic rings. The lowest BCUT2D eigenvalue weighted by Gasteiger charge is -2.26. The molecule has 1 aliphatic rings. The number of benzene rings is 1. The van der Waals surface area contributed by atoms with Gasteiger partial charge in [-0.25, -0.2) is 4.79 Å². The highest BCUT2D eigenvalue weighted by molar-refractivity contribution is 6.05. The fraction of sp³-hybridized carbons (Fsp3) is 0.478. The van der Waals surface area contributed by atoms with Crippen molar-refractivity contribution in [3.05, 3.63) is 47.3 Å². The summed E-state index contributed by atoms with van der Waals surface area (Å²) in [7, 11) is 1.66. The molecule has 0 atom stereocenters. The number of carbonyl (C=O) groups is 2. The number of hydrogen-bond acceptors (Lipinski definition) is 3. The average Bonchev–Trinajstić information content (AvgIpc) is 3.03. The zero-order valence-corrected chi connectivity index (χ0v) is 17.8. The number of nitrogens with zero attached hydrogens (tertiary/aromatic N) is 2. The number of hydrogen-bond donors (Lipinski definition) is 1. The highest BCUT2D eigenvalue weighted by Gasteiger charge is 2.22. The van der Waals surface area contributed by atoms with Crippen LogP contribution in [0.3, 0.4) is 0 Å². The number of carbonyl (C=O) groups excluding carboxylic acids is 2. The van der Waals surface area contributed by atoms with Crippen LogP contribution < -0.4 is 10.2 Å². The molecule has 0 radical (unpaired) electrons. The minimum atomic E-state index is -0.403. The molecule has 0 aliphatic heterocycles. The molecule has 1 aliphatic carbocycles. The molecule has 2 amide bonds. The van der Waals surface area contributed by atoms with E-state index in [-0.39, 0.29) is 5.91 Å². The Bertz CT molecular complexity index is 864. The SMILES string of the molecule is CCOC(=O)N(C)c1ccc(NC(=O)c2cc(C)n(C3CCCCC3)c2C)cc1. The topological polar surface area (TPSA) is 63.6 Å². The number of amides is 2. The van der Waals surface area contributed by atoms with Crippen LogP contribution >= 0.6 is 0 Å². The van der Waals surface area contributed by atoms with Gasteiger partial charge in [-0.2, -0.15) is 0 Å². The third kappa shape index (κ3) is 4.63. The van der Waals surface area contributed by atoms with E-state index in [9.17, 15) is 9.59 Å². The minimum Gasteiger partial charge on any atom is -0.449 e. The Hall–Kier alpha value is -2.76. The first-order chi connectivity index (χ1) is 13.9. The minimum absolute atomic E-state index is 0.105. The molecule has 0 saturated heterocycles. The smallest absolute Gasteiger partial charge is 0.413 e. The standard InChI is InChI=1S/C23H31N3O3/c1-5-29-23(28)25(4)19-13-11-18(12-14-19)24-22(27)21-15-16(2)26(17(21)3)20-9-7-6-8-10-20/h11-15,20H,5-10H2,1-4H3,(H,24,27). The van der Waals surface area contributed by atoms with Gasteiger partial charge in [-0.1, -0.05) is 19.3 Å². The zero-order valence-electron chi connectivity index (χ0n) is 17.8. The van der Waals surface area contributed by atoms with E-state index in [0.29, 0.717) is 24.0 Å². The normalized spacial score (nSPS) is 14.5. The number of aryl methyl sites for hydroxylation is 1. The van der Waals surface area contributed by atoms with Gasteiger partial charge in [-0.05, 0) is 63.9 Å². The van der Waals surface area contributed by atoms with Crippen molar-refractivity contribution in [2.45, 2.75) is 58.9 Å². The first-order valence-electron chi connectivity index (χ1n) is 10.4. The fourth-order valence-corrected chi connectivity index (χ4v) is 4.20. The molecular formula is C23H31N3O3. The summed E-state index contributed by atoms with van der Waals surface area (Å²) in [5, 5.41) is 2.98. The van der Waals surface area contributed by atoms with Crippen molar-refractivity contribution in [2.75, 3.05) is 23.9 Å². The van der Waals surface area contributed by atoms with Crippen molar-refractivity contribution >= 4 is 23.4 Å². The Morgan fingerprint density at radius 3 is 2.41 bits per heavy atom. The van der Waals surface area contributed by atoms with Gasteiger partial charge >= 0.3 is 6.09 Å². The molecule has 0 unspecified atom stereocenters. The van der Waals surface area contributed by atoms with Gasteiger partial charge in [-0.15, -0.1) is 0 Å². The second-order valence-electron chi connectivity index (χ2n) is 7.71. The van der Waals surface area contributed by atoms with E-state index < -0.39 is 6.09 Å². The molecule has 1 fully saturated rings. The van der Waals surface area contributed by atoms with E-state index in [4.69, 9.17) is 4.74 Å². The highest BCUT2D eigenvalue weighted by Crippen LogP contribution is 2.32. The summed E-state index contributed by atoms with van der Waals surface area (Å²) in [6.07, 6.45) is 5.80. The summed E-state index contributed by atoms with van der Waals surface area (Å²) in [5.41, 5.74) is 4.30. The summed E-state index contributed by atoms with van der Waals surface area (Å²) in [5.74, 6) is -0.105. The Morgan fingerprint density at radius 1 is 1.14 bits per heavy atom. The van der Waals surface area contributed by atoms with Crippen LogP contribution in [0, 0.1) is 13.8 Å². The summed E-state index contributed by atoms with van der Waals surface area (Å²) >= 11 is 0. The van der Waals surface area contributed by atoms with E-state index >= 15 is 0 Å². The third-order valence-corrected chi connectivity index (χ3v) is 5.72. The average molecular weight is 398 g/mol. The Morgan fingerprint density at radius 2 is 1.79 bits per heavy atom. The van der Waals surface area contributed by atoms with E-state index in [1.807, 2.05) is 13.0 Å². The molecule has 156 valence electrons. The van der Waals surface area contributed by atoms with E-state index in [1.165, 1.54) is 37.0 Å². The van der Waals surface area contributed by atoms with E-state index in [2.05, 4.69) is 16.8 Å². The summed E-state index contributed by atoms with van der Waals surface area (Å²) in [6, 6.07) is 9.66. The third-order valence-electron chi connectivity index (χ3n) is 5.72. The van der Waals surface area contributed by atoms with E-state index in [1.54, 1.807) is 38.2 Å². The first-order valence-corrected chi connectivity index (χ1v) is 10.4. The molecule has 6 nitrogen and oxygen atoms in total. The first kappa shape index (κ1) is 21.0. The maximum atomic E-state index is 12.9. The zero-order chi connectivity index (χ0) is 21.0. The molecule has 1 N–H and O–H groups in total. The van der Waals surface area contributed by atoms with Crippen molar-refractivity contribution in [1.29, 1.82) is 0 Å². The van der Waals surface area contributed by atoms with Crippen LogP contribution in [0.2, 0.25) is 0 Å². The molecule has 1 aromatic heterocycles. The Labute approximate surface area is 172 Å². The fourth-order valence-electron chi connectivity index (χ4n) is 4.20. The number of rotatable bonds is 5. The predicted octanol–water partition coefficient (Wildman–Crippen LogP) is 5.46. The van der Waals surface area contributed by atoms with E-state index in [0.717, 1.165) is 17.0 Å². The number of anilines is 2. The van der Waals surface area contributed by atoms with Crippen molar-refractivity contribution in [3.8, 4) is 0 Å². The monoisotopic (exact) mass is 397 g/mol. The Kier molecular flexibility index (Phi) is 6.62. The largest absolute Gasteiger partial charge is 0.449 e. The molecular weight excluding hydrogens is 366 g/mol. The number of ether oxygens (including phenoxy) is 1. The van der Waals surface area contributed by atoms with Crippen LogP contribution in [0.25, 0.3) is 0 Å². The van der Waals surface area contributed by atoms with Crippen molar-refractivity contribution in [2.24, 2.45) is 0 Å². The van der Waals surface area contributed by atoms with Gasteiger partial charge in [0.1, 0.15) is 0 Å². The number of aromatic nitrogens is 1. The molecule has 6 heteroatoms. The van der Waals surface area contributed by atoms with Crippen LogP contribution in [0.1, 0.15) is 66.8 Å². The van der Waals surface area contributed by atoms with Crippen LogP contribution in [0.15, 0.2) is 30.3 Å². The van der Waals surface area contributed by atoms with Crippen LogP contribution in [-0.4, -0.2) is 30.2 Å². The highest BCUT2D eigenvalue weighted by atomic mass is 16.6. The van der Waals surface area contributed by atoms with Crippen molar-refractivity contribution < 1.29 is 14.3 Å². The summed E-state index contributed by atoms with van der Waals surface area (Å²) < 4.78 is 7.34. The lowest BCUT2D eigenvalue weighted by molar-refractivity contribution is 0.102. The van der Waals surface area contributed by atoms with Crippen molar-refractivity contribution in [1.82, 2.24) is 4.57 Å². The molecule has 1 saturated carbocycles. The van der Waals surface area contributed by atoms with Gasteiger partial charge in [0, 0.05) is 35.9 Å². The lowest BCUT2D eigenvalue weighted by atomic mass is 9.95. The molecule has 29 heavy (non-hydrogen) atoms. The second-order valence-corrected chi connectivity index (χ2v) is 7.71. The van der Waals surface area contributed by atoms with Crippen LogP contribution in [0.4, 0.5) is 16.2 Å². The van der Waals surface area contributed by atoms with Crippen molar-refractivity contribution in [3.63, 3.8) is 0 Å². The van der Waals surface area contributed by atoms with Gasteiger partial charge < -0.3 is 14.6 Å². The van der Waals surface area contributed by atoms with Gasteiger partial charge in [0.05, 0.1) is 12.2 Å². The summed E-state index contributed by atoms with van der Waals surface area (Å²) in [6.45, 7) is 6.22. The Balaban J connectivity index is 1.71. The molecule has 0 bridgehead atoms. The van der Waals surface area contributed by atoms with Gasteiger partial charge in [0.25, 0.3) is 5.91 Å². The van der Waals surface area contributed by atoms with Crippen LogP contribution in [0.5, 0.6) is 0 Å². The number of nitrogens with one attached hydrogen (secondary N) is 1. The maximum Gasteiger partial charge on any atom is 0.413 e.